The largest absolute Gasteiger partial charge is 0.493 e. The highest BCUT2D eigenvalue weighted by atomic mass is 16.6. The highest BCUT2D eigenvalue weighted by Gasteiger charge is 2.23. The lowest BCUT2D eigenvalue weighted by atomic mass is 9.99. The maximum atomic E-state index is 12.6. The van der Waals surface area contributed by atoms with Crippen LogP contribution in [0.3, 0.4) is 0 Å². The molecule has 4 rings (SSSR count). The molecule has 8 nitrogen and oxygen atoms in total. The van der Waals surface area contributed by atoms with E-state index < -0.39 is 5.97 Å². The lowest BCUT2D eigenvalue weighted by Crippen LogP contribution is -2.39. The number of carbonyl (C=O) groups excluding carboxylic acids is 3. The van der Waals surface area contributed by atoms with Gasteiger partial charge in [-0.05, 0) is 53.9 Å². The SMILES string of the molecule is COc1cc2c(cc1OC)CN(C(=O)COC(=O)COc1ccc(C(=O)c3ccccc3)cc1)CC2. The molecule has 36 heavy (non-hydrogen) atoms. The molecular formula is C28H27NO7. The number of fused-ring (bicyclic) bond motifs is 1. The van der Waals surface area contributed by atoms with Crippen LogP contribution in [-0.2, 0) is 27.3 Å². The normalized spacial score (nSPS) is 12.3. The second-order valence-corrected chi connectivity index (χ2v) is 8.21. The van der Waals surface area contributed by atoms with Crippen molar-refractivity contribution in [2.75, 3.05) is 34.0 Å². The third kappa shape index (κ3) is 5.83. The first-order chi connectivity index (χ1) is 17.5. The van der Waals surface area contributed by atoms with Crippen molar-refractivity contribution >= 4 is 17.7 Å². The molecule has 0 radical (unpaired) electrons. The van der Waals surface area contributed by atoms with Gasteiger partial charge in [-0.3, -0.25) is 9.59 Å². The minimum atomic E-state index is -0.656. The smallest absolute Gasteiger partial charge is 0.344 e. The molecule has 1 amide bonds. The molecule has 1 aliphatic rings. The van der Waals surface area contributed by atoms with Crippen LogP contribution in [0.5, 0.6) is 17.2 Å². The van der Waals surface area contributed by atoms with Crippen LogP contribution in [0.4, 0.5) is 0 Å². The van der Waals surface area contributed by atoms with Crippen LogP contribution < -0.4 is 14.2 Å². The molecule has 0 aliphatic carbocycles. The van der Waals surface area contributed by atoms with Gasteiger partial charge in [-0.25, -0.2) is 4.79 Å². The molecule has 8 heteroatoms. The average Bonchev–Trinajstić information content (AvgIpc) is 2.93. The Morgan fingerprint density at radius 2 is 1.44 bits per heavy atom. The predicted molar refractivity (Wildman–Crippen MR) is 131 cm³/mol. The zero-order valence-electron chi connectivity index (χ0n) is 20.2. The van der Waals surface area contributed by atoms with E-state index in [0.29, 0.717) is 47.9 Å². The van der Waals surface area contributed by atoms with Gasteiger partial charge in [-0.2, -0.15) is 0 Å². The quantitative estimate of drug-likeness (QED) is 0.336. The van der Waals surface area contributed by atoms with Gasteiger partial charge < -0.3 is 23.8 Å². The van der Waals surface area contributed by atoms with Crippen molar-refractivity contribution in [1.29, 1.82) is 0 Å². The highest BCUT2D eigenvalue weighted by molar-refractivity contribution is 6.09. The number of esters is 1. The maximum absolute atomic E-state index is 12.6. The van der Waals surface area contributed by atoms with Gasteiger partial charge in [0, 0.05) is 24.2 Å². The summed E-state index contributed by atoms with van der Waals surface area (Å²) in [5.74, 6) is 0.635. The molecule has 0 fully saturated rings. The van der Waals surface area contributed by atoms with E-state index in [1.807, 2.05) is 18.2 Å². The summed E-state index contributed by atoms with van der Waals surface area (Å²) >= 11 is 0. The number of ether oxygens (including phenoxy) is 4. The summed E-state index contributed by atoms with van der Waals surface area (Å²) in [6.45, 7) is 0.203. The number of nitrogens with zero attached hydrogens (tertiary/aromatic N) is 1. The van der Waals surface area contributed by atoms with Gasteiger partial charge in [0.15, 0.2) is 30.5 Å². The molecule has 0 spiro atoms. The number of hydrogen-bond acceptors (Lipinski definition) is 7. The number of hydrogen-bond donors (Lipinski definition) is 0. The van der Waals surface area contributed by atoms with E-state index in [9.17, 15) is 14.4 Å². The van der Waals surface area contributed by atoms with Gasteiger partial charge in [0.1, 0.15) is 5.75 Å². The third-order valence-electron chi connectivity index (χ3n) is 5.94. The Bertz CT molecular complexity index is 1240. The van der Waals surface area contributed by atoms with E-state index in [1.54, 1.807) is 67.7 Å². The fourth-order valence-corrected chi connectivity index (χ4v) is 3.97. The lowest BCUT2D eigenvalue weighted by molar-refractivity contribution is -0.154. The van der Waals surface area contributed by atoms with Crippen molar-refractivity contribution in [2.45, 2.75) is 13.0 Å². The van der Waals surface area contributed by atoms with Gasteiger partial charge in [0.05, 0.1) is 14.2 Å². The maximum Gasteiger partial charge on any atom is 0.344 e. The number of methoxy groups -OCH3 is 2. The molecule has 1 heterocycles. The Balaban J connectivity index is 1.24. The molecule has 0 unspecified atom stereocenters. The molecule has 1 aliphatic heterocycles. The van der Waals surface area contributed by atoms with E-state index in [2.05, 4.69) is 0 Å². The highest BCUT2D eigenvalue weighted by Crippen LogP contribution is 2.33. The number of benzene rings is 3. The molecule has 0 atom stereocenters. The Morgan fingerprint density at radius 1 is 0.806 bits per heavy atom. The summed E-state index contributed by atoms with van der Waals surface area (Å²) < 4.78 is 21.2. The van der Waals surface area contributed by atoms with Crippen molar-refractivity contribution < 1.29 is 33.3 Å². The van der Waals surface area contributed by atoms with Crippen LogP contribution in [0.2, 0.25) is 0 Å². The fourth-order valence-electron chi connectivity index (χ4n) is 3.97. The van der Waals surface area contributed by atoms with E-state index in [0.717, 1.165) is 11.1 Å². The van der Waals surface area contributed by atoms with Crippen molar-refractivity contribution in [3.8, 4) is 17.2 Å². The molecule has 3 aromatic rings. The van der Waals surface area contributed by atoms with Crippen molar-refractivity contribution in [3.63, 3.8) is 0 Å². The minimum absolute atomic E-state index is 0.0991. The predicted octanol–water partition coefficient (Wildman–Crippen LogP) is 3.44. The summed E-state index contributed by atoms with van der Waals surface area (Å²) in [6.07, 6.45) is 0.668. The van der Waals surface area contributed by atoms with Crippen LogP contribution in [0.25, 0.3) is 0 Å². The topological polar surface area (TPSA) is 91.4 Å². The second-order valence-electron chi connectivity index (χ2n) is 8.21. The molecule has 0 N–H and O–H groups in total. The van der Waals surface area contributed by atoms with Gasteiger partial charge in [0.25, 0.3) is 5.91 Å². The summed E-state index contributed by atoms with van der Waals surface area (Å²) in [6, 6.07) is 19.3. The van der Waals surface area contributed by atoms with Crippen LogP contribution in [-0.4, -0.2) is 56.5 Å². The molecular weight excluding hydrogens is 462 g/mol. The molecule has 0 saturated carbocycles. The van der Waals surface area contributed by atoms with Crippen LogP contribution >= 0.6 is 0 Å². The summed E-state index contributed by atoms with van der Waals surface area (Å²) in [7, 11) is 3.15. The Hall–Kier alpha value is -4.33. The average molecular weight is 490 g/mol. The van der Waals surface area contributed by atoms with Gasteiger partial charge >= 0.3 is 5.97 Å². The van der Waals surface area contributed by atoms with E-state index in [1.165, 1.54) is 0 Å². The number of rotatable bonds is 9. The number of amides is 1. The molecule has 186 valence electrons. The lowest BCUT2D eigenvalue weighted by Gasteiger charge is -2.29. The van der Waals surface area contributed by atoms with Crippen LogP contribution in [0.15, 0.2) is 66.7 Å². The Morgan fingerprint density at radius 3 is 2.11 bits per heavy atom. The van der Waals surface area contributed by atoms with Gasteiger partial charge in [-0.1, -0.05) is 30.3 Å². The minimum Gasteiger partial charge on any atom is -0.493 e. The van der Waals surface area contributed by atoms with Crippen LogP contribution in [0.1, 0.15) is 27.0 Å². The summed E-state index contributed by atoms with van der Waals surface area (Å²) in [5, 5.41) is 0. The second kappa shape index (κ2) is 11.4. The molecule has 3 aromatic carbocycles. The van der Waals surface area contributed by atoms with Crippen molar-refractivity contribution in [2.24, 2.45) is 0 Å². The van der Waals surface area contributed by atoms with Crippen molar-refractivity contribution in [1.82, 2.24) is 4.90 Å². The van der Waals surface area contributed by atoms with E-state index >= 15 is 0 Å². The summed E-state index contributed by atoms with van der Waals surface area (Å²) in [5.41, 5.74) is 3.17. The Labute approximate surface area is 209 Å². The van der Waals surface area contributed by atoms with Crippen molar-refractivity contribution in [3.05, 3.63) is 89.0 Å². The first-order valence-electron chi connectivity index (χ1n) is 11.5. The van der Waals surface area contributed by atoms with Gasteiger partial charge in [0.2, 0.25) is 0 Å². The summed E-state index contributed by atoms with van der Waals surface area (Å²) in [4.78, 5) is 38.8. The number of carbonyl (C=O) groups is 3. The molecule has 0 bridgehead atoms. The monoisotopic (exact) mass is 489 g/mol. The van der Waals surface area contributed by atoms with E-state index in [4.69, 9.17) is 18.9 Å². The fraction of sp³-hybridized carbons (Fsp3) is 0.250. The molecule has 0 aromatic heterocycles. The first kappa shape index (κ1) is 24.8. The molecule has 0 saturated heterocycles. The Kier molecular flexibility index (Phi) is 7.85. The third-order valence-corrected chi connectivity index (χ3v) is 5.94. The van der Waals surface area contributed by atoms with Crippen LogP contribution in [0, 0.1) is 0 Å². The van der Waals surface area contributed by atoms with E-state index in [-0.39, 0.29) is 24.9 Å². The zero-order chi connectivity index (χ0) is 25.5. The zero-order valence-corrected chi connectivity index (χ0v) is 20.2. The standard InChI is InChI=1S/C28H27NO7/c1-33-24-14-21-12-13-29(16-22(21)15-25(24)34-2)26(30)17-36-27(31)18-35-23-10-8-20(9-11-23)28(32)19-6-4-3-5-7-19/h3-11,14-15H,12-13,16-18H2,1-2H3. The van der Waals surface area contributed by atoms with Gasteiger partial charge in [-0.15, -0.1) is 0 Å². The number of ketones is 1. The first-order valence-corrected chi connectivity index (χ1v) is 11.5.